The van der Waals surface area contributed by atoms with E-state index in [0.717, 1.165) is 33.5 Å². The van der Waals surface area contributed by atoms with Gasteiger partial charge in [-0.3, -0.25) is 0 Å². The Kier molecular flexibility index (Phi) is 6.36. The standard InChI is InChI=1S/C45H30N4S/c1-45(2)35-17-9-6-14-31(35)32-25-24-30(26-36(32)45)44-48-42(28-12-4-3-5-13-28)47-43(49-44)29-22-20-27(21-23-29)40-41-39(33-15-7-10-18-37(33)46-40)34-16-8-11-19-38(34)50-41/h3-26H,1-2H3. The van der Waals surface area contributed by atoms with E-state index in [1.54, 1.807) is 11.3 Å². The molecule has 9 aromatic rings. The summed E-state index contributed by atoms with van der Waals surface area (Å²) in [6.45, 7) is 4.60. The molecular weight excluding hydrogens is 629 g/mol. The summed E-state index contributed by atoms with van der Waals surface area (Å²) in [5, 5.41) is 3.73. The van der Waals surface area contributed by atoms with Crippen LogP contribution in [0.3, 0.4) is 0 Å². The van der Waals surface area contributed by atoms with Crippen LogP contribution < -0.4 is 0 Å². The Bertz CT molecular complexity index is 2780. The van der Waals surface area contributed by atoms with Crippen LogP contribution in [0.5, 0.6) is 0 Å². The Morgan fingerprint density at radius 2 is 1.04 bits per heavy atom. The smallest absolute Gasteiger partial charge is 0.164 e. The zero-order valence-corrected chi connectivity index (χ0v) is 28.4. The van der Waals surface area contributed by atoms with Crippen LogP contribution in [-0.2, 0) is 5.41 Å². The number of benzene rings is 6. The van der Waals surface area contributed by atoms with Crippen LogP contribution in [0.15, 0.2) is 146 Å². The molecule has 3 aromatic heterocycles. The van der Waals surface area contributed by atoms with Gasteiger partial charge in [0.15, 0.2) is 17.5 Å². The maximum atomic E-state index is 5.20. The second-order valence-electron chi connectivity index (χ2n) is 13.5. The van der Waals surface area contributed by atoms with E-state index in [4.69, 9.17) is 19.9 Å². The fourth-order valence-corrected chi connectivity index (χ4v) is 8.83. The summed E-state index contributed by atoms with van der Waals surface area (Å²) < 4.78 is 2.47. The Morgan fingerprint density at radius 3 is 1.84 bits per heavy atom. The molecule has 1 aliphatic rings. The molecular formula is C45H30N4S. The summed E-state index contributed by atoms with van der Waals surface area (Å²) in [6.07, 6.45) is 0. The van der Waals surface area contributed by atoms with E-state index < -0.39 is 0 Å². The monoisotopic (exact) mass is 658 g/mol. The summed E-state index contributed by atoms with van der Waals surface area (Å²) in [6, 6.07) is 51.1. The molecule has 1 aliphatic carbocycles. The van der Waals surface area contributed by atoms with Crippen molar-refractivity contribution in [1.29, 1.82) is 0 Å². The molecule has 0 unspecified atom stereocenters. The van der Waals surface area contributed by atoms with Crippen LogP contribution in [0.2, 0.25) is 0 Å². The second kappa shape index (κ2) is 11.0. The van der Waals surface area contributed by atoms with Crippen molar-refractivity contribution < 1.29 is 0 Å². The number of pyridine rings is 1. The van der Waals surface area contributed by atoms with Crippen molar-refractivity contribution in [2.75, 3.05) is 0 Å². The molecule has 50 heavy (non-hydrogen) atoms. The average molecular weight is 659 g/mol. The number of hydrogen-bond acceptors (Lipinski definition) is 5. The summed E-state index contributed by atoms with van der Waals surface area (Å²) in [5.41, 5.74) is 11.0. The minimum Gasteiger partial charge on any atom is -0.246 e. The quantitative estimate of drug-likeness (QED) is 0.189. The first-order chi connectivity index (χ1) is 24.5. The van der Waals surface area contributed by atoms with Crippen LogP contribution in [0, 0.1) is 0 Å². The summed E-state index contributed by atoms with van der Waals surface area (Å²) >= 11 is 1.81. The van der Waals surface area contributed by atoms with Crippen LogP contribution in [-0.4, -0.2) is 19.9 Å². The van der Waals surface area contributed by atoms with Crippen molar-refractivity contribution in [3.63, 3.8) is 0 Å². The lowest BCUT2D eigenvalue weighted by Gasteiger charge is -2.21. The number of thiophene rings is 1. The number of hydrogen-bond donors (Lipinski definition) is 0. The Hall–Kier alpha value is -6.04. The molecule has 0 radical (unpaired) electrons. The molecule has 10 rings (SSSR count). The van der Waals surface area contributed by atoms with Crippen LogP contribution in [0.4, 0.5) is 0 Å². The highest BCUT2D eigenvalue weighted by atomic mass is 32.1. The van der Waals surface area contributed by atoms with Gasteiger partial charge in [0.25, 0.3) is 0 Å². The minimum atomic E-state index is -0.119. The predicted octanol–water partition coefficient (Wildman–Crippen LogP) is 11.8. The van der Waals surface area contributed by atoms with Crippen LogP contribution >= 0.6 is 11.3 Å². The molecule has 0 spiro atoms. The Labute approximate surface area is 293 Å². The minimum absolute atomic E-state index is 0.119. The van der Waals surface area contributed by atoms with Gasteiger partial charge in [0.05, 0.1) is 15.9 Å². The third-order valence-corrected chi connectivity index (χ3v) is 11.3. The molecule has 236 valence electrons. The van der Waals surface area contributed by atoms with E-state index in [1.807, 2.05) is 18.2 Å². The number of nitrogens with zero attached hydrogens (tertiary/aromatic N) is 4. The highest BCUT2D eigenvalue weighted by molar-refractivity contribution is 7.26. The van der Waals surface area contributed by atoms with Gasteiger partial charge in [-0.1, -0.05) is 141 Å². The van der Waals surface area contributed by atoms with Gasteiger partial charge in [-0.05, 0) is 40.5 Å². The second-order valence-corrected chi connectivity index (χ2v) is 14.5. The van der Waals surface area contributed by atoms with Crippen molar-refractivity contribution >= 4 is 42.4 Å². The largest absolute Gasteiger partial charge is 0.246 e. The molecule has 0 fully saturated rings. The summed E-state index contributed by atoms with van der Waals surface area (Å²) in [7, 11) is 0. The molecule has 0 N–H and O–H groups in total. The van der Waals surface area contributed by atoms with Gasteiger partial charge >= 0.3 is 0 Å². The highest BCUT2D eigenvalue weighted by Gasteiger charge is 2.35. The maximum absolute atomic E-state index is 5.20. The molecule has 0 aliphatic heterocycles. The van der Waals surface area contributed by atoms with Crippen molar-refractivity contribution in [3.8, 4) is 56.5 Å². The molecule has 0 atom stereocenters. The van der Waals surface area contributed by atoms with Crippen LogP contribution in [0.1, 0.15) is 25.0 Å². The van der Waals surface area contributed by atoms with Crippen LogP contribution in [0.25, 0.3) is 87.6 Å². The molecule has 0 amide bonds. The van der Waals surface area contributed by atoms with Gasteiger partial charge in [0.1, 0.15) is 0 Å². The molecule has 0 bridgehead atoms. The molecule has 3 heterocycles. The van der Waals surface area contributed by atoms with E-state index in [1.165, 1.54) is 47.8 Å². The Balaban J connectivity index is 1.11. The molecule has 4 nitrogen and oxygen atoms in total. The van der Waals surface area contributed by atoms with Gasteiger partial charge in [0, 0.05) is 48.5 Å². The van der Waals surface area contributed by atoms with E-state index in [0.29, 0.717) is 17.5 Å². The lowest BCUT2D eigenvalue weighted by atomic mass is 9.82. The number of fused-ring (bicyclic) bond motifs is 8. The summed E-state index contributed by atoms with van der Waals surface area (Å²) in [5.74, 6) is 1.96. The van der Waals surface area contributed by atoms with Crippen molar-refractivity contribution in [2.24, 2.45) is 0 Å². The van der Waals surface area contributed by atoms with Gasteiger partial charge in [-0.25, -0.2) is 19.9 Å². The fraction of sp³-hybridized carbons (Fsp3) is 0.0667. The van der Waals surface area contributed by atoms with Crippen molar-refractivity contribution in [3.05, 3.63) is 157 Å². The molecule has 0 saturated carbocycles. The number of para-hydroxylation sites is 1. The third kappa shape index (κ3) is 4.44. The topological polar surface area (TPSA) is 51.6 Å². The van der Waals surface area contributed by atoms with E-state index in [-0.39, 0.29) is 5.41 Å². The SMILES string of the molecule is CC1(C)c2ccccc2-c2ccc(-c3nc(-c4ccccc4)nc(-c4ccc(-c5nc6ccccc6c6c5sc5ccccc56)cc4)n3)cc21. The van der Waals surface area contributed by atoms with Gasteiger partial charge in [0.2, 0.25) is 0 Å². The first-order valence-corrected chi connectivity index (χ1v) is 17.7. The first kappa shape index (κ1) is 28.9. The lowest BCUT2D eigenvalue weighted by Crippen LogP contribution is -2.15. The van der Waals surface area contributed by atoms with Crippen molar-refractivity contribution in [2.45, 2.75) is 19.3 Å². The number of aromatic nitrogens is 4. The maximum Gasteiger partial charge on any atom is 0.164 e. The van der Waals surface area contributed by atoms with Gasteiger partial charge in [-0.15, -0.1) is 11.3 Å². The zero-order valence-electron chi connectivity index (χ0n) is 27.6. The Morgan fingerprint density at radius 1 is 0.460 bits per heavy atom. The number of rotatable bonds is 4. The van der Waals surface area contributed by atoms with Crippen molar-refractivity contribution in [1.82, 2.24) is 19.9 Å². The zero-order chi connectivity index (χ0) is 33.4. The normalized spacial score (nSPS) is 13.2. The predicted molar refractivity (Wildman–Crippen MR) is 207 cm³/mol. The lowest BCUT2D eigenvalue weighted by molar-refractivity contribution is 0.660. The van der Waals surface area contributed by atoms with E-state index in [2.05, 4.69) is 141 Å². The summed E-state index contributed by atoms with van der Waals surface area (Å²) in [4.78, 5) is 20.4. The molecule has 6 aromatic carbocycles. The fourth-order valence-electron chi connectivity index (χ4n) is 7.60. The van der Waals surface area contributed by atoms with Gasteiger partial charge < -0.3 is 0 Å². The average Bonchev–Trinajstić information content (AvgIpc) is 3.67. The first-order valence-electron chi connectivity index (χ1n) is 16.9. The van der Waals surface area contributed by atoms with E-state index in [9.17, 15) is 0 Å². The van der Waals surface area contributed by atoms with E-state index >= 15 is 0 Å². The molecule has 5 heteroatoms. The molecule has 0 saturated heterocycles. The van der Waals surface area contributed by atoms with Gasteiger partial charge in [-0.2, -0.15) is 0 Å². The highest BCUT2D eigenvalue weighted by Crippen LogP contribution is 2.49. The third-order valence-electron chi connectivity index (χ3n) is 10.1.